The molecule has 1 atom stereocenters. The predicted molar refractivity (Wildman–Crippen MR) is 62.1 cm³/mol. The van der Waals surface area contributed by atoms with Crippen molar-refractivity contribution in [3.8, 4) is 5.75 Å². The van der Waals surface area contributed by atoms with Crippen LogP contribution < -0.4 is 9.64 Å². The monoisotopic (exact) mass is 239 g/mol. The quantitative estimate of drug-likeness (QED) is 0.741. The van der Waals surface area contributed by atoms with Crippen molar-refractivity contribution in [1.82, 2.24) is 9.97 Å². The molecule has 3 rings (SSSR count). The van der Waals surface area contributed by atoms with Gasteiger partial charge in [-0.15, -0.1) is 0 Å². The van der Waals surface area contributed by atoms with E-state index in [1.165, 1.54) is 19.3 Å². The van der Waals surface area contributed by atoms with Crippen LogP contribution in [0.15, 0.2) is 6.20 Å². The van der Waals surface area contributed by atoms with Gasteiger partial charge in [0, 0.05) is 7.05 Å². The summed E-state index contributed by atoms with van der Waals surface area (Å²) in [5.41, 5.74) is 0. The Morgan fingerprint density at radius 3 is 3.12 bits per heavy atom. The van der Waals surface area contributed by atoms with E-state index < -0.39 is 0 Å². The molecule has 1 aromatic heterocycles. The molecule has 0 amide bonds. The minimum Gasteiger partial charge on any atom is -0.486 e. The van der Waals surface area contributed by atoms with E-state index in [0.717, 1.165) is 24.1 Å². The molecule has 0 spiro atoms. The van der Waals surface area contributed by atoms with Crippen LogP contribution in [0.3, 0.4) is 0 Å². The van der Waals surface area contributed by atoms with Crippen molar-refractivity contribution >= 4 is 17.4 Å². The van der Waals surface area contributed by atoms with Gasteiger partial charge < -0.3 is 9.64 Å². The number of rotatable bonds is 2. The van der Waals surface area contributed by atoms with Gasteiger partial charge in [0.05, 0.1) is 12.2 Å². The van der Waals surface area contributed by atoms with Crippen molar-refractivity contribution in [3.05, 3.63) is 11.5 Å². The highest BCUT2D eigenvalue weighted by atomic mass is 35.5. The van der Waals surface area contributed by atoms with Gasteiger partial charge in [-0.2, -0.15) is 4.98 Å². The lowest BCUT2D eigenvalue weighted by Crippen LogP contribution is -2.41. The molecule has 86 valence electrons. The number of hydrogen-bond donors (Lipinski definition) is 0. The van der Waals surface area contributed by atoms with Gasteiger partial charge in [-0.1, -0.05) is 12.8 Å². The first-order chi connectivity index (χ1) is 7.74. The summed E-state index contributed by atoms with van der Waals surface area (Å²) in [6.07, 6.45) is 5.57. The van der Waals surface area contributed by atoms with E-state index in [2.05, 4.69) is 21.9 Å². The summed E-state index contributed by atoms with van der Waals surface area (Å²) in [6.45, 7) is 0.727. The van der Waals surface area contributed by atoms with Crippen molar-refractivity contribution in [2.75, 3.05) is 18.6 Å². The minimum absolute atomic E-state index is 0.279. The topological polar surface area (TPSA) is 38.2 Å². The van der Waals surface area contributed by atoms with Crippen LogP contribution in [0.2, 0.25) is 5.28 Å². The highest BCUT2D eigenvalue weighted by Crippen LogP contribution is 2.38. The standard InChI is InChI=1S/C11H14ClN3O/c1-15-8(4-7-2-3-7)6-16-9-5-13-11(12)14-10(9)15/h5,7-8H,2-4,6H2,1H3/t8-/m0/s1. The lowest BCUT2D eigenvalue weighted by molar-refractivity contribution is 0.252. The second-order valence-corrected chi connectivity index (χ2v) is 4.92. The van der Waals surface area contributed by atoms with E-state index in [1.54, 1.807) is 6.20 Å². The number of nitrogens with zero attached hydrogens (tertiary/aromatic N) is 3. The van der Waals surface area contributed by atoms with Crippen LogP contribution >= 0.6 is 11.6 Å². The van der Waals surface area contributed by atoms with Crippen LogP contribution in [0, 0.1) is 5.92 Å². The molecule has 1 aromatic rings. The molecule has 2 aliphatic rings. The normalized spacial score (nSPS) is 23.9. The molecule has 0 N–H and O–H groups in total. The van der Waals surface area contributed by atoms with Crippen molar-refractivity contribution in [2.45, 2.75) is 25.3 Å². The minimum atomic E-state index is 0.279. The van der Waals surface area contributed by atoms with Crippen molar-refractivity contribution in [2.24, 2.45) is 5.92 Å². The second-order valence-electron chi connectivity index (χ2n) is 4.58. The van der Waals surface area contributed by atoms with Crippen molar-refractivity contribution < 1.29 is 4.74 Å². The predicted octanol–water partition coefficient (Wildman–Crippen LogP) is 2.13. The number of likely N-dealkylation sites (N-methyl/N-ethyl adjacent to an activating group) is 1. The molecule has 0 unspecified atom stereocenters. The summed E-state index contributed by atoms with van der Waals surface area (Å²) < 4.78 is 5.66. The number of halogens is 1. The molecule has 0 radical (unpaired) electrons. The van der Waals surface area contributed by atoms with E-state index >= 15 is 0 Å². The Hall–Kier alpha value is -1.03. The number of anilines is 1. The highest BCUT2D eigenvalue weighted by Gasteiger charge is 2.32. The molecule has 5 heteroatoms. The third-order valence-corrected chi connectivity index (χ3v) is 3.50. The molecular formula is C11H14ClN3O. The van der Waals surface area contributed by atoms with Crippen LogP contribution in [-0.2, 0) is 0 Å². The van der Waals surface area contributed by atoms with Crippen molar-refractivity contribution in [1.29, 1.82) is 0 Å². The van der Waals surface area contributed by atoms with Gasteiger partial charge >= 0.3 is 0 Å². The average molecular weight is 240 g/mol. The fraction of sp³-hybridized carbons (Fsp3) is 0.636. The Labute approximate surface area is 99.6 Å². The summed E-state index contributed by atoms with van der Waals surface area (Å²) in [4.78, 5) is 10.3. The molecule has 0 bridgehead atoms. The number of fused-ring (bicyclic) bond motifs is 1. The van der Waals surface area contributed by atoms with Crippen LogP contribution in [0.5, 0.6) is 5.75 Å². The fourth-order valence-electron chi connectivity index (χ4n) is 2.13. The van der Waals surface area contributed by atoms with E-state index in [1.807, 2.05) is 0 Å². The van der Waals surface area contributed by atoms with Gasteiger partial charge in [-0.3, -0.25) is 0 Å². The Balaban J connectivity index is 1.84. The molecule has 4 nitrogen and oxygen atoms in total. The first-order valence-corrected chi connectivity index (χ1v) is 6.00. The molecule has 0 saturated heterocycles. The summed E-state index contributed by atoms with van der Waals surface area (Å²) in [6, 6.07) is 0.422. The first kappa shape index (κ1) is 10.1. The maximum atomic E-state index is 5.80. The van der Waals surface area contributed by atoms with Crippen LogP contribution in [0.4, 0.5) is 5.82 Å². The van der Waals surface area contributed by atoms with Gasteiger partial charge in [0.1, 0.15) is 6.61 Å². The number of hydrogen-bond acceptors (Lipinski definition) is 4. The van der Waals surface area contributed by atoms with E-state index in [-0.39, 0.29) is 5.28 Å². The smallest absolute Gasteiger partial charge is 0.224 e. The fourth-order valence-corrected chi connectivity index (χ4v) is 2.26. The SMILES string of the molecule is CN1c2nc(Cl)ncc2OC[C@@H]1CC1CC1. The van der Waals surface area contributed by atoms with Gasteiger partial charge in [0.2, 0.25) is 5.28 Å². The summed E-state index contributed by atoms with van der Waals surface area (Å²) in [5, 5.41) is 0.279. The summed E-state index contributed by atoms with van der Waals surface area (Å²) in [5.74, 6) is 2.44. The molecule has 1 saturated carbocycles. The van der Waals surface area contributed by atoms with E-state index in [4.69, 9.17) is 16.3 Å². The van der Waals surface area contributed by atoms with Crippen LogP contribution in [0.25, 0.3) is 0 Å². The Morgan fingerprint density at radius 1 is 1.56 bits per heavy atom. The van der Waals surface area contributed by atoms with Crippen molar-refractivity contribution in [3.63, 3.8) is 0 Å². The maximum Gasteiger partial charge on any atom is 0.224 e. The number of ether oxygens (including phenoxy) is 1. The second kappa shape index (κ2) is 3.77. The third-order valence-electron chi connectivity index (χ3n) is 3.32. The largest absolute Gasteiger partial charge is 0.486 e. The van der Waals surface area contributed by atoms with Gasteiger partial charge in [0.15, 0.2) is 11.6 Å². The lowest BCUT2D eigenvalue weighted by Gasteiger charge is -2.34. The molecule has 1 fully saturated rings. The third kappa shape index (κ3) is 1.82. The van der Waals surface area contributed by atoms with Gasteiger partial charge in [0.25, 0.3) is 0 Å². The zero-order valence-electron chi connectivity index (χ0n) is 9.19. The summed E-state index contributed by atoms with van der Waals surface area (Å²) >= 11 is 5.80. The van der Waals surface area contributed by atoms with E-state index in [9.17, 15) is 0 Å². The number of aromatic nitrogens is 2. The molecule has 2 heterocycles. The van der Waals surface area contributed by atoms with E-state index in [0.29, 0.717) is 6.04 Å². The Bertz CT molecular complexity index is 408. The molecule has 1 aliphatic carbocycles. The Morgan fingerprint density at radius 2 is 2.38 bits per heavy atom. The van der Waals surface area contributed by atoms with Crippen LogP contribution in [0.1, 0.15) is 19.3 Å². The van der Waals surface area contributed by atoms with Gasteiger partial charge in [-0.25, -0.2) is 4.98 Å². The first-order valence-electron chi connectivity index (χ1n) is 5.62. The molecular weight excluding hydrogens is 226 g/mol. The zero-order chi connectivity index (χ0) is 11.1. The molecule has 1 aliphatic heterocycles. The highest BCUT2D eigenvalue weighted by molar-refractivity contribution is 6.28. The van der Waals surface area contributed by atoms with Gasteiger partial charge in [-0.05, 0) is 23.9 Å². The lowest BCUT2D eigenvalue weighted by atomic mass is 10.1. The zero-order valence-corrected chi connectivity index (χ0v) is 9.94. The molecule has 0 aromatic carbocycles. The Kier molecular flexibility index (Phi) is 2.39. The maximum absolute atomic E-state index is 5.80. The molecule has 16 heavy (non-hydrogen) atoms. The average Bonchev–Trinajstić information content (AvgIpc) is 3.07. The summed E-state index contributed by atoms with van der Waals surface area (Å²) in [7, 11) is 2.05. The van der Waals surface area contributed by atoms with Crippen LogP contribution in [-0.4, -0.2) is 29.7 Å².